The van der Waals surface area contributed by atoms with Crippen LogP contribution in [-0.4, -0.2) is 32.6 Å². The van der Waals surface area contributed by atoms with E-state index >= 15 is 0 Å². The Morgan fingerprint density at radius 2 is 1.90 bits per heavy atom. The molecule has 29 heavy (non-hydrogen) atoms. The summed E-state index contributed by atoms with van der Waals surface area (Å²) in [5.41, 5.74) is 0.998. The number of carbonyl (C=O) groups excluding carboxylic acids is 2. The lowest BCUT2D eigenvalue weighted by Crippen LogP contribution is -2.34. The van der Waals surface area contributed by atoms with Crippen LogP contribution in [0.1, 0.15) is 24.9 Å². The van der Waals surface area contributed by atoms with Gasteiger partial charge in [0.1, 0.15) is 11.5 Å². The van der Waals surface area contributed by atoms with E-state index in [4.69, 9.17) is 9.47 Å². The van der Waals surface area contributed by atoms with Crippen LogP contribution in [0.4, 0.5) is 14.5 Å². The van der Waals surface area contributed by atoms with Gasteiger partial charge >= 0.3 is 0 Å². The molecule has 2 amide bonds. The van der Waals surface area contributed by atoms with E-state index in [2.05, 4.69) is 5.32 Å². The molecular weight excluding hydrogens is 382 g/mol. The fourth-order valence-electron chi connectivity index (χ4n) is 3.32. The fraction of sp³-hybridized carbons (Fsp3) is 0.333. The zero-order valence-electron chi connectivity index (χ0n) is 16.4. The van der Waals surface area contributed by atoms with E-state index < -0.39 is 23.6 Å². The number of nitrogens with zero attached hydrogens (tertiary/aromatic N) is 1. The maximum atomic E-state index is 13.4. The van der Waals surface area contributed by atoms with Crippen LogP contribution in [0.2, 0.25) is 0 Å². The molecule has 2 aromatic rings. The van der Waals surface area contributed by atoms with Gasteiger partial charge < -0.3 is 19.7 Å². The van der Waals surface area contributed by atoms with Gasteiger partial charge in [0.2, 0.25) is 11.8 Å². The summed E-state index contributed by atoms with van der Waals surface area (Å²) in [6.07, 6.45) is 0.0471. The minimum absolute atomic E-state index is 0.0471. The molecule has 1 N–H and O–H groups in total. The Hall–Kier alpha value is -3.16. The highest BCUT2D eigenvalue weighted by atomic mass is 19.2. The van der Waals surface area contributed by atoms with Crippen LogP contribution in [0.15, 0.2) is 36.4 Å². The van der Waals surface area contributed by atoms with Gasteiger partial charge in [-0.2, -0.15) is 0 Å². The summed E-state index contributed by atoms with van der Waals surface area (Å²) in [6, 6.07) is 8.04. The number of anilines is 1. The molecule has 1 aliphatic heterocycles. The maximum Gasteiger partial charge on any atom is 0.227 e. The average molecular weight is 404 g/mol. The Morgan fingerprint density at radius 1 is 1.14 bits per heavy atom. The van der Waals surface area contributed by atoms with Crippen molar-refractivity contribution in [3.8, 4) is 11.5 Å². The highest BCUT2D eigenvalue weighted by Crippen LogP contribution is 2.36. The normalized spacial score (nSPS) is 17.2. The Balaban J connectivity index is 1.71. The molecule has 8 heteroatoms. The van der Waals surface area contributed by atoms with Crippen molar-refractivity contribution in [2.24, 2.45) is 5.92 Å². The van der Waals surface area contributed by atoms with Gasteiger partial charge in [-0.3, -0.25) is 9.59 Å². The summed E-state index contributed by atoms with van der Waals surface area (Å²) in [4.78, 5) is 26.7. The molecule has 2 unspecified atom stereocenters. The molecule has 0 bridgehead atoms. The van der Waals surface area contributed by atoms with Crippen LogP contribution in [0.25, 0.3) is 0 Å². The van der Waals surface area contributed by atoms with E-state index in [1.807, 2.05) is 0 Å². The highest BCUT2D eigenvalue weighted by Gasteiger charge is 2.36. The van der Waals surface area contributed by atoms with Crippen LogP contribution in [0.5, 0.6) is 11.5 Å². The van der Waals surface area contributed by atoms with E-state index in [-0.39, 0.29) is 24.8 Å². The van der Waals surface area contributed by atoms with E-state index in [1.54, 1.807) is 25.1 Å². The number of nitrogens with one attached hydrogen (secondary N) is 1. The molecule has 0 aliphatic carbocycles. The smallest absolute Gasteiger partial charge is 0.227 e. The van der Waals surface area contributed by atoms with E-state index in [1.165, 1.54) is 25.2 Å². The Bertz CT molecular complexity index is 935. The quantitative estimate of drug-likeness (QED) is 0.803. The predicted molar refractivity (Wildman–Crippen MR) is 103 cm³/mol. The molecule has 1 aliphatic rings. The minimum atomic E-state index is -0.975. The third-order valence-corrected chi connectivity index (χ3v) is 4.98. The van der Waals surface area contributed by atoms with Gasteiger partial charge in [-0.15, -0.1) is 0 Å². The molecule has 0 spiro atoms. The number of carbonyl (C=O) groups is 2. The monoisotopic (exact) mass is 404 g/mol. The van der Waals surface area contributed by atoms with Gasteiger partial charge in [0, 0.05) is 19.0 Å². The van der Waals surface area contributed by atoms with Crippen LogP contribution in [-0.2, 0) is 9.59 Å². The molecule has 2 aromatic carbocycles. The minimum Gasteiger partial charge on any atom is -0.497 e. The number of hydrogen-bond acceptors (Lipinski definition) is 4. The van der Waals surface area contributed by atoms with Crippen molar-refractivity contribution in [1.29, 1.82) is 0 Å². The second-order valence-corrected chi connectivity index (χ2v) is 6.85. The number of rotatable bonds is 6. The topological polar surface area (TPSA) is 67.9 Å². The van der Waals surface area contributed by atoms with Gasteiger partial charge in [-0.25, -0.2) is 8.78 Å². The van der Waals surface area contributed by atoms with Gasteiger partial charge in [0.15, 0.2) is 11.6 Å². The van der Waals surface area contributed by atoms with Crippen molar-refractivity contribution < 1.29 is 27.8 Å². The second kappa shape index (κ2) is 8.46. The molecule has 6 nitrogen and oxygen atoms in total. The van der Waals surface area contributed by atoms with Crippen molar-refractivity contribution in [2.45, 2.75) is 19.4 Å². The van der Waals surface area contributed by atoms with Gasteiger partial charge in [0.25, 0.3) is 0 Å². The van der Waals surface area contributed by atoms with Crippen molar-refractivity contribution in [3.05, 3.63) is 53.6 Å². The zero-order valence-corrected chi connectivity index (χ0v) is 16.4. The molecular formula is C21H22F2N2O4. The molecule has 0 radical (unpaired) electrons. The van der Waals surface area contributed by atoms with Crippen molar-refractivity contribution in [2.75, 3.05) is 25.7 Å². The first kappa shape index (κ1) is 20.6. The Kier molecular flexibility index (Phi) is 6.00. The van der Waals surface area contributed by atoms with Crippen molar-refractivity contribution >= 4 is 17.5 Å². The molecule has 1 fully saturated rings. The number of benzene rings is 2. The lowest BCUT2D eigenvalue weighted by atomic mass is 10.0. The summed E-state index contributed by atoms with van der Waals surface area (Å²) in [5.74, 6) is -1.96. The molecule has 0 saturated carbocycles. The van der Waals surface area contributed by atoms with Gasteiger partial charge in [-0.1, -0.05) is 6.07 Å². The second-order valence-electron chi connectivity index (χ2n) is 6.85. The van der Waals surface area contributed by atoms with Gasteiger partial charge in [0.05, 0.1) is 31.9 Å². The predicted octanol–water partition coefficient (Wildman–Crippen LogP) is 3.21. The summed E-state index contributed by atoms with van der Waals surface area (Å²) in [5, 5.41) is 2.77. The average Bonchev–Trinajstić information content (AvgIpc) is 3.11. The Labute approximate surface area is 167 Å². The molecule has 1 saturated heterocycles. The molecule has 154 valence electrons. The molecule has 3 rings (SSSR count). The van der Waals surface area contributed by atoms with E-state index in [9.17, 15) is 18.4 Å². The first-order chi connectivity index (χ1) is 13.8. The number of ether oxygens (including phenoxy) is 2. The third kappa shape index (κ3) is 4.31. The van der Waals surface area contributed by atoms with Crippen LogP contribution < -0.4 is 19.7 Å². The standard InChI is InChI=1S/C21H22F2N2O4/c1-12(13-4-6-16(22)17(23)8-13)24-21(27)14-9-20(26)25(11-14)18-7-5-15(28-2)10-19(18)29-3/h4-8,10,12,14H,9,11H2,1-3H3,(H,24,27). The number of hydrogen-bond donors (Lipinski definition) is 1. The maximum absolute atomic E-state index is 13.4. The van der Waals surface area contributed by atoms with Gasteiger partial charge in [-0.05, 0) is 36.8 Å². The first-order valence-corrected chi connectivity index (χ1v) is 9.11. The summed E-state index contributed by atoms with van der Waals surface area (Å²) >= 11 is 0. The van der Waals surface area contributed by atoms with Crippen LogP contribution >= 0.6 is 0 Å². The number of methoxy groups -OCH3 is 2. The van der Waals surface area contributed by atoms with Crippen molar-refractivity contribution in [1.82, 2.24) is 5.32 Å². The third-order valence-electron chi connectivity index (χ3n) is 4.98. The fourth-order valence-corrected chi connectivity index (χ4v) is 3.32. The van der Waals surface area contributed by atoms with E-state index in [0.29, 0.717) is 22.7 Å². The van der Waals surface area contributed by atoms with Crippen molar-refractivity contribution in [3.63, 3.8) is 0 Å². The van der Waals surface area contributed by atoms with Crippen LogP contribution in [0, 0.1) is 17.6 Å². The number of amides is 2. The lowest BCUT2D eigenvalue weighted by molar-refractivity contribution is -0.126. The zero-order chi connectivity index (χ0) is 21.1. The Morgan fingerprint density at radius 3 is 2.55 bits per heavy atom. The van der Waals surface area contributed by atoms with Crippen LogP contribution in [0.3, 0.4) is 0 Å². The number of halogens is 2. The van der Waals surface area contributed by atoms with E-state index in [0.717, 1.165) is 12.1 Å². The summed E-state index contributed by atoms with van der Waals surface area (Å²) in [6.45, 7) is 1.86. The largest absolute Gasteiger partial charge is 0.497 e. The summed E-state index contributed by atoms with van der Waals surface area (Å²) < 4.78 is 37.0. The molecule has 0 aromatic heterocycles. The molecule has 2 atom stereocenters. The first-order valence-electron chi connectivity index (χ1n) is 9.11. The summed E-state index contributed by atoms with van der Waals surface area (Å²) in [7, 11) is 3.02. The SMILES string of the molecule is COc1ccc(N2CC(C(=O)NC(C)c3ccc(F)c(F)c3)CC2=O)c(OC)c1. The highest BCUT2D eigenvalue weighted by molar-refractivity contribution is 6.01. The lowest BCUT2D eigenvalue weighted by Gasteiger charge is -2.21. The molecule has 1 heterocycles.